The summed E-state index contributed by atoms with van der Waals surface area (Å²) in [6.45, 7) is 1.52. The van der Waals surface area contributed by atoms with E-state index in [1.807, 2.05) is 12.1 Å². The third-order valence-electron chi connectivity index (χ3n) is 2.62. The quantitative estimate of drug-likeness (QED) is 0.693. The Balaban J connectivity index is 2.09. The number of nitrogens with zero attached hydrogens (tertiary/aromatic N) is 3. The second-order valence-corrected chi connectivity index (χ2v) is 4.04. The number of rotatable bonds is 1. The summed E-state index contributed by atoms with van der Waals surface area (Å²) in [5.41, 5.74) is 0.796. The summed E-state index contributed by atoms with van der Waals surface area (Å²) in [7, 11) is 0. The van der Waals surface area contributed by atoms with Gasteiger partial charge in [0.1, 0.15) is 5.15 Å². The molecule has 0 spiro atoms. The Morgan fingerprint density at radius 3 is 3.13 bits per heavy atom. The van der Waals surface area contributed by atoms with Crippen LogP contribution in [-0.2, 0) is 4.74 Å². The molecule has 0 radical (unpaired) electrons. The highest BCUT2D eigenvalue weighted by atomic mass is 35.5. The number of hydrogen-bond donors (Lipinski definition) is 0. The average molecular weight is 224 g/mol. The van der Waals surface area contributed by atoms with Crippen LogP contribution in [0, 0.1) is 0 Å². The van der Waals surface area contributed by atoms with E-state index < -0.39 is 0 Å². The van der Waals surface area contributed by atoms with Crippen molar-refractivity contribution in [1.82, 2.24) is 14.6 Å². The summed E-state index contributed by atoms with van der Waals surface area (Å²) in [6.07, 6.45) is 0.995. The van der Waals surface area contributed by atoms with Gasteiger partial charge in [-0.1, -0.05) is 17.7 Å². The van der Waals surface area contributed by atoms with E-state index in [9.17, 15) is 0 Å². The Labute approximate surface area is 91.8 Å². The first-order chi connectivity index (χ1) is 7.34. The van der Waals surface area contributed by atoms with E-state index in [1.165, 1.54) is 0 Å². The fraction of sp³-hybridized carbons (Fsp3) is 0.400. The summed E-state index contributed by atoms with van der Waals surface area (Å²) < 4.78 is 6.98. The highest BCUT2D eigenvalue weighted by molar-refractivity contribution is 6.29. The first-order valence-electron chi connectivity index (χ1n) is 4.93. The molecule has 78 valence electrons. The van der Waals surface area contributed by atoms with Gasteiger partial charge in [0.15, 0.2) is 11.5 Å². The van der Waals surface area contributed by atoms with E-state index in [2.05, 4.69) is 10.1 Å². The molecule has 5 heteroatoms. The molecule has 0 bridgehead atoms. The molecule has 2 aromatic heterocycles. The maximum Gasteiger partial charge on any atom is 0.157 e. The molecular weight excluding hydrogens is 214 g/mol. The van der Waals surface area contributed by atoms with E-state index in [0.717, 1.165) is 24.5 Å². The number of pyridine rings is 1. The van der Waals surface area contributed by atoms with Crippen LogP contribution in [0.15, 0.2) is 18.2 Å². The summed E-state index contributed by atoms with van der Waals surface area (Å²) in [4.78, 5) is 4.44. The monoisotopic (exact) mass is 223 g/mol. The van der Waals surface area contributed by atoms with E-state index in [4.69, 9.17) is 16.3 Å². The van der Waals surface area contributed by atoms with Crippen molar-refractivity contribution >= 4 is 17.2 Å². The molecule has 0 N–H and O–H groups in total. The fourth-order valence-electron chi connectivity index (χ4n) is 1.80. The van der Waals surface area contributed by atoms with Crippen molar-refractivity contribution in [2.75, 3.05) is 13.2 Å². The molecule has 0 aliphatic carbocycles. The molecule has 3 rings (SSSR count). The number of ether oxygens (including phenoxy) is 1. The van der Waals surface area contributed by atoms with Crippen LogP contribution >= 0.6 is 11.6 Å². The molecule has 1 unspecified atom stereocenters. The number of hydrogen-bond acceptors (Lipinski definition) is 3. The Morgan fingerprint density at radius 2 is 2.40 bits per heavy atom. The van der Waals surface area contributed by atoms with Crippen LogP contribution in [0.5, 0.6) is 0 Å². The highest BCUT2D eigenvalue weighted by Gasteiger charge is 2.22. The van der Waals surface area contributed by atoms with Gasteiger partial charge in [0.05, 0.1) is 6.61 Å². The van der Waals surface area contributed by atoms with Crippen molar-refractivity contribution in [3.63, 3.8) is 0 Å². The van der Waals surface area contributed by atoms with Gasteiger partial charge in [-0.25, -0.2) is 9.50 Å². The molecule has 0 saturated carbocycles. The Kier molecular flexibility index (Phi) is 2.11. The third kappa shape index (κ3) is 1.50. The fourth-order valence-corrected chi connectivity index (χ4v) is 2.00. The van der Waals surface area contributed by atoms with Crippen molar-refractivity contribution in [3.05, 3.63) is 29.2 Å². The summed E-state index contributed by atoms with van der Waals surface area (Å²) in [5.74, 6) is 1.15. The maximum atomic E-state index is 6.01. The van der Waals surface area contributed by atoms with Crippen molar-refractivity contribution in [2.24, 2.45) is 0 Å². The van der Waals surface area contributed by atoms with Gasteiger partial charge in [0.25, 0.3) is 0 Å². The van der Waals surface area contributed by atoms with Gasteiger partial charge < -0.3 is 4.74 Å². The van der Waals surface area contributed by atoms with Gasteiger partial charge in [-0.15, -0.1) is 5.10 Å². The topological polar surface area (TPSA) is 39.4 Å². The van der Waals surface area contributed by atoms with Gasteiger partial charge in [0.2, 0.25) is 0 Å². The first kappa shape index (κ1) is 9.12. The molecule has 3 heterocycles. The predicted molar refractivity (Wildman–Crippen MR) is 56.2 cm³/mol. The van der Waals surface area contributed by atoms with Crippen molar-refractivity contribution in [2.45, 2.75) is 12.3 Å². The summed E-state index contributed by atoms with van der Waals surface area (Å²) >= 11 is 6.01. The SMILES string of the molecule is Clc1cccc2nc(C3CCOC3)nn12. The van der Waals surface area contributed by atoms with Crippen LogP contribution < -0.4 is 0 Å². The van der Waals surface area contributed by atoms with E-state index in [-0.39, 0.29) is 0 Å². The third-order valence-corrected chi connectivity index (χ3v) is 2.91. The van der Waals surface area contributed by atoms with Crippen LogP contribution in [0.3, 0.4) is 0 Å². The minimum absolute atomic E-state index is 0.320. The molecule has 1 aliphatic heterocycles. The Hall–Kier alpha value is -1.13. The summed E-state index contributed by atoms with van der Waals surface area (Å²) in [6, 6.07) is 5.58. The molecule has 1 aliphatic rings. The Bertz CT molecular complexity index is 490. The van der Waals surface area contributed by atoms with Gasteiger partial charge in [0, 0.05) is 12.5 Å². The second-order valence-electron chi connectivity index (χ2n) is 3.65. The lowest BCUT2D eigenvalue weighted by atomic mass is 10.1. The summed E-state index contributed by atoms with van der Waals surface area (Å²) in [5, 5.41) is 4.98. The zero-order chi connectivity index (χ0) is 10.3. The van der Waals surface area contributed by atoms with Crippen LogP contribution in [0.25, 0.3) is 5.65 Å². The second kappa shape index (κ2) is 3.47. The van der Waals surface area contributed by atoms with Gasteiger partial charge >= 0.3 is 0 Å². The normalized spacial score (nSPS) is 21.3. The molecule has 1 saturated heterocycles. The van der Waals surface area contributed by atoms with Gasteiger partial charge in [-0.3, -0.25) is 0 Å². The molecular formula is C10H10ClN3O. The van der Waals surface area contributed by atoms with Crippen molar-refractivity contribution < 1.29 is 4.74 Å². The minimum atomic E-state index is 0.320. The minimum Gasteiger partial charge on any atom is -0.381 e. The standard InChI is InChI=1S/C10H10ClN3O/c11-8-2-1-3-9-12-10(13-14(8)9)7-4-5-15-6-7/h1-3,7H,4-6H2. The van der Waals surface area contributed by atoms with E-state index in [0.29, 0.717) is 17.7 Å². The molecule has 0 amide bonds. The average Bonchev–Trinajstić information content (AvgIpc) is 2.86. The molecule has 4 nitrogen and oxygen atoms in total. The first-order valence-corrected chi connectivity index (χ1v) is 5.31. The molecule has 15 heavy (non-hydrogen) atoms. The molecule has 2 aromatic rings. The predicted octanol–water partition coefficient (Wildman–Crippen LogP) is 1.89. The Morgan fingerprint density at radius 1 is 1.47 bits per heavy atom. The number of fused-ring (bicyclic) bond motifs is 1. The number of aromatic nitrogens is 3. The lowest BCUT2D eigenvalue weighted by Crippen LogP contribution is -2.00. The van der Waals surface area contributed by atoms with Crippen molar-refractivity contribution in [1.29, 1.82) is 0 Å². The van der Waals surface area contributed by atoms with Crippen LogP contribution in [0.1, 0.15) is 18.2 Å². The van der Waals surface area contributed by atoms with E-state index >= 15 is 0 Å². The largest absolute Gasteiger partial charge is 0.381 e. The van der Waals surface area contributed by atoms with Crippen LogP contribution in [0.2, 0.25) is 5.15 Å². The van der Waals surface area contributed by atoms with E-state index in [1.54, 1.807) is 10.6 Å². The van der Waals surface area contributed by atoms with Crippen LogP contribution in [0.4, 0.5) is 0 Å². The van der Waals surface area contributed by atoms with Gasteiger partial charge in [-0.2, -0.15) is 0 Å². The molecule has 1 atom stereocenters. The lowest BCUT2D eigenvalue weighted by molar-refractivity contribution is 0.193. The smallest absolute Gasteiger partial charge is 0.157 e. The molecule has 1 fully saturated rings. The van der Waals surface area contributed by atoms with Crippen LogP contribution in [-0.4, -0.2) is 27.8 Å². The lowest BCUT2D eigenvalue weighted by Gasteiger charge is -1.98. The maximum absolute atomic E-state index is 6.01. The van der Waals surface area contributed by atoms with Gasteiger partial charge in [-0.05, 0) is 18.6 Å². The number of halogens is 1. The zero-order valence-corrected chi connectivity index (χ0v) is 8.81. The highest BCUT2D eigenvalue weighted by Crippen LogP contribution is 2.23. The van der Waals surface area contributed by atoms with Crippen molar-refractivity contribution in [3.8, 4) is 0 Å². The molecule has 0 aromatic carbocycles. The zero-order valence-electron chi connectivity index (χ0n) is 8.06.